The van der Waals surface area contributed by atoms with Crippen molar-refractivity contribution in [3.63, 3.8) is 0 Å². The molecule has 0 N–H and O–H groups in total. The van der Waals surface area contributed by atoms with E-state index in [1.165, 1.54) is 6.07 Å². The molecule has 3 nitrogen and oxygen atoms in total. The molecular weight excluding hydrogens is 315 g/mol. The molecule has 0 aromatic heterocycles. The van der Waals surface area contributed by atoms with Crippen LogP contribution in [-0.4, -0.2) is 38.9 Å². The van der Waals surface area contributed by atoms with E-state index in [1.54, 1.807) is 25.3 Å². The summed E-state index contributed by atoms with van der Waals surface area (Å²) in [5.74, 6) is -0.243. The van der Waals surface area contributed by atoms with Gasteiger partial charge in [-0.25, -0.2) is 4.39 Å². The van der Waals surface area contributed by atoms with Gasteiger partial charge in [0.2, 0.25) is 0 Å². The van der Waals surface area contributed by atoms with Crippen LogP contribution in [0.3, 0.4) is 0 Å². The Kier molecular flexibility index (Phi) is 8.99. The van der Waals surface area contributed by atoms with Gasteiger partial charge in [0.25, 0.3) is 0 Å². The Bertz CT molecular complexity index is 349. The van der Waals surface area contributed by atoms with Crippen LogP contribution in [0.5, 0.6) is 0 Å². The van der Waals surface area contributed by atoms with Crippen LogP contribution in [0.4, 0.5) is 4.39 Å². The van der Waals surface area contributed by atoms with Gasteiger partial charge in [-0.15, -0.1) is 0 Å². The third kappa shape index (κ3) is 6.47. The maximum absolute atomic E-state index is 13.6. The number of hydrogen-bond donors (Lipinski definition) is 0. The second-order valence-electron chi connectivity index (χ2n) is 3.99. The van der Waals surface area contributed by atoms with Crippen molar-refractivity contribution in [2.45, 2.75) is 12.5 Å². The molecule has 1 unspecified atom stereocenters. The number of methoxy groups -OCH3 is 1. The van der Waals surface area contributed by atoms with Gasteiger partial charge in [0.1, 0.15) is 5.82 Å². The highest BCUT2D eigenvalue weighted by Crippen LogP contribution is 2.22. The quantitative estimate of drug-likeness (QED) is 0.485. The van der Waals surface area contributed by atoms with E-state index in [2.05, 4.69) is 15.9 Å². The fourth-order valence-electron chi connectivity index (χ4n) is 1.61. The summed E-state index contributed by atoms with van der Waals surface area (Å²) in [6.45, 7) is 2.29. The zero-order chi connectivity index (χ0) is 13.9. The molecule has 1 aromatic rings. The van der Waals surface area contributed by atoms with Gasteiger partial charge in [0, 0.05) is 31.2 Å². The molecule has 0 spiro atoms. The zero-order valence-electron chi connectivity index (χ0n) is 11.1. The molecule has 5 heteroatoms. The molecule has 0 aliphatic heterocycles. The summed E-state index contributed by atoms with van der Waals surface area (Å²) < 4.78 is 29.5. The summed E-state index contributed by atoms with van der Waals surface area (Å²) in [6, 6.07) is 6.65. The van der Waals surface area contributed by atoms with Crippen LogP contribution in [0.25, 0.3) is 0 Å². The van der Waals surface area contributed by atoms with Crippen molar-refractivity contribution in [1.29, 1.82) is 0 Å². The fraction of sp³-hybridized carbons (Fsp3) is 0.571. The first-order chi connectivity index (χ1) is 9.29. The number of rotatable bonds is 10. The standard InChI is InChI=1S/C14H20BrFO3/c1-17-7-4-8-18-9-10-19-14(11-15)12-5-2-3-6-13(12)16/h2-3,5-6,14H,4,7-11H2,1H3. The van der Waals surface area contributed by atoms with Gasteiger partial charge in [0.15, 0.2) is 0 Å². The van der Waals surface area contributed by atoms with Gasteiger partial charge >= 0.3 is 0 Å². The summed E-state index contributed by atoms with van der Waals surface area (Å²) in [4.78, 5) is 0. The van der Waals surface area contributed by atoms with E-state index in [0.29, 0.717) is 37.3 Å². The predicted molar refractivity (Wildman–Crippen MR) is 76.2 cm³/mol. The van der Waals surface area contributed by atoms with E-state index < -0.39 is 0 Å². The molecule has 0 saturated heterocycles. The molecular formula is C14H20BrFO3. The Labute approximate surface area is 122 Å². The van der Waals surface area contributed by atoms with Gasteiger partial charge in [-0.2, -0.15) is 0 Å². The predicted octanol–water partition coefficient (Wildman–Crippen LogP) is 3.33. The minimum absolute atomic E-state index is 0.243. The average Bonchev–Trinajstić information content (AvgIpc) is 2.43. The van der Waals surface area contributed by atoms with Gasteiger partial charge < -0.3 is 14.2 Å². The molecule has 0 aliphatic rings. The van der Waals surface area contributed by atoms with Crippen molar-refractivity contribution >= 4 is 15.9 Å². The molecule has 0 heterocycles. The number of alkyl halides is 1. The Balaban J connectivity index is 2.24. The molecule has 1 atom stereocenters. The maximum Gasteiger partial charge on any atom is 0.129 e. The highest BCUT2D eigenvalue weighted by molar-refractivity contribution is 9.09. The van der Waals surface area contributed by atoms with E-state index >= 15 is 0 Å². The molecule has 0 amide bonds. The van der Waals surface area contributed by atoms with Crippen molar-refractivity contribution < 1.29 is 18.6 Å². The molecule has 0 saturated carbocycles. The van der Waals surface area contributed by atoms with Gasteiger partial charge in [-0.1, -0.05) is 34.1 Å². The molecule has 1 aromatic carbocycles. The Hall–Kier alpha value is -0.490. The summed E-state index contributed by atoms with van der Waals surface area (Å²) >= 11 is 3.34. The van der Waals surface area contributed by atoms with Gasteiger partial charge in [-0.3, -0.25) is 0 Å². The van der Waals surface area contributed by atoms with Crippen molar-refractivity contribution in [1.82, 2.24) is 0 Å². The minimum atomic E-state index is -0.288. The first-order valence-corrected chi connectivity index (χ1v) is 7.40. The molecule has 0 bridgehead atoms. The summed E-state index contributed by atoms with van der Waals surface area (Å²) in [7, 11) is 1.66. The molecule has 108 valence electrons. The number of ether oxygens (including phenoxy) is 3. The zero-order valence-corrected chi connectivity index (χ0v) is 12.7. The monoisotopic (exact) mass is 334 g/mol. The molecule has 0 fully saturated rings. The van der Waals surface area contributed by atoms with E-state index in [4.69, 9.17) is 14.2 Å². The molecule has 0 radical (unpaired) electrons. The van der Waals surface area contributed by atoms with Crippen LogP contribution in [0.2, 0.25) is 0 Å². The second kappa shape index (κ2) is 10.3. The van der Waals surface area contributed by atoms with Crippen LogP contribution < -0.4 is 0 Å². The fourth-order valence-corrected chi connectivity index (χ4v) is 2.15. The first-order valence-electron chi connectivity index (χ1n) is 6.28. The van der Waals surface area contributed by atoms with Crippen molar-refractivity contribution in [3.8, 4) is 0 Å². The highest BCUT2D eigenvalue weighted by Gasteiger charge is 2.14. The third-order valence-corrected chi connectivity index (χ3v) is 3.16. The second-order valence-corrected chi connectivity index (χ2v) is 4.64. The Morgan fingerprint density at radius 3 is 2.63 bits per heavy atom. The summed E-state index contributed by atoms with van der Waals surface area (Å²) in [5, 5.41) is 0.553. The lowest BCUT2D eigenvalue weighted by Gasteiger charge is -2.16. The largest absolute Gasteiger partial charge is 0.385 e. The Morgan fingerprint density at radius 1 is 1.16 bits per heavy atom. The van der Waals surface area contributed by atoms with Crippen LogP contribution in [0.15, 0.2) is 24.3 Å². The van der Waals surface area contributed by atoms with Crippen molar-refractivity contribution in [3.05, 3.63) is 35.6 Å². The Morgan fingerprint density at radius 2 is 1.95 bits per heavy atom. The molecule has 0 aliphatic carbocycles. The first kappa shape index (κ1) is 16.6. The van der Waals surface area contributed by atoms with Crippen molar-refractivity contribution in [2.24, 2.45) is 0 Å². The van der Waals surface area contributed by atoms with Crippen LogP contribution in [0, 0.1) is 5.82 Å². The molecule has 19 heavy (non-hydrogen) atoms. The van der Waals surface area contributed by atoms with Crippen LogP contribution in [0.1, 0.15) is 18.1 Å². The van der Waals surface area contributed by atoms with Gasteiger partial charge in [0.05, 0.1) is 19.3 Å². The smallest absolute Gasteiger partial charge is 0.129 e. The van der Waals surface area contributed by atoms with Gasteiger partial charge in [-0.05, 0) is 12.5 Å². The van der Waals surface area contributed by atoms with E-state index in [1.807, 2.05) is 0 Å². The third-order valence-electron chi connectivity index (χ3n) is 2.58. The number of hydrogen-bond acceptors (Lipinski definition) is 3. The van der Waals surface area contributed by atoms with Crippen LogP contribution >= 0.6 is 15.9 Å². The van der Waals surface area contributed by atoms with Crippen LogP contribution in [-0.2, 0) is 14.2 Å². The number of halogens is 2. The van der Waals surface area contributed by atoms with E-state index in [9.17, 15) is 4.39 Å². The lowest BCUT2D eigenvalue weighted by molar-refractivity contribution is 0.00863. The minimum Gasteiger partial charge on any atom is -0.385 e. The topological polar surface area (TPSA) is 27.7 Å². The summed E-state index contributed by atoms with van der Waals surface area (Å²) in [6.07, 6.45) is 0.579. The number of benzene rings is 1. The average molecular weight is 335 g/mol. The highest BCUT2D eigenvalue weighted by atomic mass is 79.9. The lowest BCUT2D eigenvalue weighted by Crippen LogP contribution is -2.13. The van der Waals surface area contributed by atoms with E-state index in [-0.39, 0.29) is 11.9 Å². The van der Waals surface area contributed by atoms with Crippen molar-refractivity contribution in [2.75, 3.05) is 38.9 Å². The normalized spacial score (nSPS) is 12.6. The summed E-state index contributed by atoms with van der Waals surface area (Å²) in [5.41, 5.74) is 0.568. The molecule has 1 rings (SSSR count). The SMILES string of the molecule is COCCCOCCOC(CBr)c1ccccc1F. The van der Waals surface area contributed by atoms with E-state index in [0.717, 1.165) is 6.42 Å². The lowest BCUT2D eigenvalue weighted by atomic mass is 10.1. The maximum atomic E-state index is 13.6.